The van der Waals surface area contributed by atoms with Gasteiger partial charge in [0.25, 0.3) is 0 Å². The highest BCUT2D eigenvalue weighted by molar-refractivity contribution is 6.33. The molecule has 2 rings (SSSR count). The number of para-hydroxylation sites is 1. The van der Waals surface area contributed by atoms with E-state index in [9.17, 15) is 4.79 Å². The molecular weight excluding hydrogens is 288 g/mol. The lowest BCUT2D eigenvalue weighted by molar-refractivity contribution is 0.262. The number of anilines is 2. The third-order valence-electron chi connectivity index (χ3n) is 2.58. The van der Waals surface area contributed by atoms with E-state index in [0.717, 1.165) is 5.56 Å². The van der Waals surface area contributed by atoms with Crippen LogP contribution in [0.1, 0.15) is 5.56 Å². The van der Waals surface area contributed by atoms with Crippen molar-refractivity contribution in [1.82, 2.24) is 0 Å². The van der Waals surface area contributed by atoms with Gasteiger partial charge in [-0.3, -0.25) is 0 Å². The molecule has 0 saturated heterocycles. The van der Waals surface area contributed by atoms with Crippen LogP contribution in [0.3, 0.4) is 0 Å². The summed E-state index contributed by atoms with van der Waals surface area (Å²) in [5.41, 5.74) is 1.94. The Hall–Kier alpha value is -2.48. The summed E-state index contributed by atoms with van der Waals surface area (Å²) in [6.45, 7) is -0.180. The molecule has 0 bridgehead atoms. The lowest BCUT2D eigenvalue weighted by atomic mass is 10.2. The third-order valence-corrected chi connectivity index (χ3v) is 2.91. The first-order chi connectivity index (χ1) is 10.2. The molecule has 3 N–H and O–H groups in total. The fourth-order valence-corrected chi connectivity index (χ4v) is 1.81. The number of amides is 2. The van der Waals surface area contributed by atoms with E-state index < -0.39 is 0 Å². The van der Waals surface area contributed by atoms with E-state index in [1.165, 1.54) is 0 Å². The third kappa shape index (κ3) is 4.53. The van der Waals surface area contributed by atoms with Crippen molar-refractivity contribution in [3.8, 4) is 11.8 Å². The van der Waals surface area contributed by atoms with Crippen molar-refractivity contribution in [1.29, 1.82) is 0 Å². The number of benzene rings is 2. The molecule has 0 saturated carbocycles. The van der Waals surface area contributed by atoms with Crippen molar-refractivity contribution >= 4 is 29.0 Å². The minimum atomic E-state index is -0.378. The lowest BCUT2D eigenvalue weighted by Crippen LogP contribution is -2.19. The zero-order valence-corrected chi connectivity index (χ0v) is 11.8. The van der Waals surface area contributed by atoms with Gasteiger partial charge in [-0.2, -0.15) is 0 Å². The molecule has 0 heterocycles. The highest BCUT2D eigenvalue weighted by atomic mass is 35.5. The second kappa shape index (κ2) is 7.34. The van der Waals surface area contributed by atoms with E-state index in [0.29, 0.717) is 16.4 Å². The van der Waals surface area contributed by atoms with Gasteiger partial charge in [0.15, 0.2) is 0 Å². The maximum absolute atomic E-state index is 11.8. The first-order valence-electron chi connectivity index (χ1n) is 6.21. The molecule has 21 heavy (non-hydrogen) atoms. The molecule has 5 heteroatoms. The maximum atomic E-state index is 11.8. The first-order valence-corrected chi connectivity index (χ1v) is 6.59. The van der Waals surface area contributed by atoms with Crippen LogP contribution in [0.4, 0.5) is 16.2 Å². The van der Waals surface area contributed by atoms with E-state index in [1.807, 2.05) is 0 Å². The predicted molar refractivity (Wildman–Crippen MR) is 84.5 cm³/mol. The summed E-state index contributed by atoms with van der Waals surface area (Å²) < 4.78 is 0. The zero-order valence-electron chi connectivity index (χ0n) is 11.1. The van der Waals surface area contributed by atoms with Crippen molar-refractivity contribution in [2.24, 2.45) is 0 Å². The van der Waals surface area contributed by atoms with Gasteiger partial charge in [0.2, 0.25) is 0 Å². The molecule has 0 aliphatic carbocycles. The quantitative estimate of drug-likeness (QED) is 0.745. The Kier molecular flexibility index (Phi) is 5.22. The van der Waals surface area contributed by atoms with Gasteiger partial charge >= 0.3 is 6.03 Å². The van der Waals surface area contributed by atoms with Crippen molar-refractivity contribution < 1.29 is 9.90 Å². The topological polar surface area (TPSA) is 61.4 Å². The van der Waals surface area contributed by atoms with Crippen LogP contribution in [0, 0.1) is 11.8 Å². The Morgan fingerprint density at radius 1 is 1.10 bits per heavy atom. The smallest absolute Gasteiger partial charge is 0.323 e. The highest BCUT2D eigenvalue weighted by Gasteiger charge is 2.05. The number of nitrogens with one attached hydrogen (secondary N) is 2. The van der Waals surface area contributed by atoms with Crippen LogP contribution in [0.2, 0.25) is 5.02 Å². The molecule has 2 aromatic carbocycles. The number of aliphatic hydroxyl groups is 1. The minimum absolute atomic E-state index is 0.180. The summed E-state index contributed by atoms with van der Waals surface area (Å²) in [4.78, 5) is 11.8. The Morgan fingerprint density at radius 3 is 2.48 bits per heavy atom. The summed E-state index contributed by atoms with van der Waals surface area (Å²) in [7, 11) is 0. The molecule has 0 radical (unpaired) electrons. The molecule has 0 aliphatic rings. The molecule has 0 aliphatic heterocycles. The molecular formula is C16H13ClN2O2. The molecule has 0 unspecified atom stereocenters. The number of hydrogen-bond acceptors (Lipinski definition) is 2. The van der Waals surface area contributed by atoms with E-state index >= 15 is 0 Å². The lowest BCUT2D eigenvalue weighted by Gasteiger charge is -2.08. The molecule has 2 amide bonds. The average molecular weight is 301 g/mol. The second-order valence-electron chi connectivity index (χ2n) is 4.10. The SMILES string of the molecule is O=C(Nc1ccc(C#CCO)cc1)Nc1ccccc1Cl. The Bertz CT molecular complexity index is 687. The van der Waals surface area contributed by atoms with E-state index in [-0.39, 0.29) is 12.6 Å². The Labute approximate surface area is 127 Å². The van der Waals surface area contributed by atoms with Crippen LogP contribution >= 0.6 is 11.6 Å². The van der Waals surface area contributed by atoms with Gasteiger partial charge in [0.05, 0.1) is 10.7 Å². The normalized spacial score (nSPS) is 9.43. The second-order valence-corrected chi connectivity index (χ2v) is 4.50. The molecule has 0 fully saturated rings. The molecule has 0 aromatic heterocycles. The van der Waals surface area contributed by atoms with Gasteiger partial charge in [0.1, 0.15) is 6.61 Å². The summed E-state index contributed by atoms with van der Waals surface area (Å²) in [6.07, 6.45) is 0. The van der Waals surface area contributed by atoms with Crippen molar-refractivity contribution in [2.45, 2.75) is 0 Å². The summed E-state index contributed by atoms with van der Waals surface area (Å²) in [5, 5.41) is 14.4. The minimum Gasteiger partial charge on any atom is -0.384 e. The van der Waals surface area contributed by atoms with E-state index in [2.05, 4.69) is 22.5 Å². The van der Waals surface area contributed by atoms with Gasteiger partial charge in [-0.15, -0.1) is 0 Å². The fraction of sp³-hybridized carbons (Fsp3) is 0.0625. The molecule has 106 valence electrons. The molecule has 0 spiro atoms. The summed E-state index contributed by atoms with van der Waals surface area (Å²) in [5.74, 6) is 5.33. The zero-order chi connectivity index (χ0) is 15.1. The van der Waals surface area contributed by atoms with E-state index in [1.54, 1.807) is 48.5 Å². The Morgan fingerprint density at radius 2 is 1.81 bits per heavy atom. The first kappa shape index (κ1) is 14.9. The van der Waals surface area contributed by atoms with Gasteiger partial charge in [-0.25, -0.2) is 4.79 Å². The van der Waals surface area contributed by atoms with Crippen LogP contribution in [0.5, 0.6) is 0 Å². The maximum Gasteiger partial charge on any atom is 0.323 e. The number of urea groups is 1. The molecule has 4 nitrogen and oxygen atoms in total. The van der Waals surface area contributed by atoms with Crippen LogP contribution < -0.4 is 10.6 Å². The predicted octanol–water partition coefficient (Wildman–Crippen LogP) is 3.33. The molecule has 2 aromatic rings. The fourth-order valence-electron chi connectivity index (χ4n) is 1.63. The van der Waals surface area contributed by atoms with Gasteiger partial charge < -0.3 is 15.7 Å². The van der Waals surface area contributed by atoms with Crippen LogP contribution in [-0.4, -0.2) is 17.7 Å². The van der Waals surface area contributed by atoms with Crippen molar-refractivity contribution in [3.63, 3.8) is 0 Å². The summed E-state index contributed by atoms with van der Waals surface area (Å²) in [6, 6.07) is 13.6. The van der Waals surface area contributed by atoms with Crippen LogP contribution in [0.15, 0.2) is 48.5 Å². The average Bonchev–Trinajstić information content (AvgIpc) is 2.49. The number of hydrogen-bond donors (Lipinski definition) is 3. The monoisotopic (exact) mass is 300 g/mol. The number of carbonyl (C=O) groups is 1. The van der Waals surface area contributed by atoms with Crippen LogP contribution in [0.25, 0.3) is 0 Å². The van der Waals surface area contributed by atoms with Gasteiger partial charge in [-0.05, 0) is 36.4 Å². The van der Waals surface area contributed by atoms with Crippen molar-refractivity contribution in [2.75, 3.05) is 17.2 Å². The highest BCUT2D eigenvalue weighted by Crippen LogP contribution is 2.20. The Balaban J connectivity index is 1.98. The number of rotatable bonds is 2. The van der Waals surface area contributed by atoms with E-state index in [4.69, 9.17) is 16.7 Å². The summed E-state index contributed by atoms with van der Waals surface area (Å²) >= 11 is 5.96. The number of carbonyl (C=O) groups excluding carboxylic acids is 1. The standard InChI is InChI=1S/C16H13ClN2O2/c17-14-5-1-2-6-15(14)19-16(21)18-13-9-7-12(8-10-13)4-3-11-20/h1-2,5-10,20H,11H2,(H2,18,19,21). The van der Waals surface area contributed by atoms with Crippen LogP contribution in [-0.2, 0) is 0 Å². The molecule has 0 atom stereocenters. The number of halogens is 1. The number of aliphatic hydroxyl groups excluding tert-OH is 1. The van der Waals surface area contributed by atoms with Gasteiger partial charge in [0, 0.05) is 11.3 Å². The largest absolute Gasteiger partial charge is 0.384 e. The van der Waals surface area contributed by atoms with Gasteiger partial charge in [-0.1, -0.05) is 35.6 Å². The van der Waals surface area contributed by atoms with Crippen molar-refractivity contribution in [3.05, 3.63) is 59.1 Å².